The van der Waals surface area contributed by atoms with E-state index in [0.717, 1.165) is 22.6 Å². The summed E-state index contributed by atoms with van der Waals surface area (Å²) in [6.07, 6.45) is 0. The van der Waals surface area contributed by atoms with Gasteiger partial charge in [-0.3, -0.25) is 4.79 Å². The largest absolute Gasteiger partial charge is 0.497 e. The van der Waals surface area contributed by atoms with Crippen LogP contribution in [0.4, 0.5) is 0 Å². The molecular weight excluding hydrogens is 358 g/mol. The molecule has 2 aromatic carbocycles. The molecular formula is C22H23NO5. The van der Waals surface area contributed by atoms with E-state index in [1.807, 2.05) is 48.5 Å². The Morgan fingerprint density at radius 2 is 1.39 bits per heavy atom. The molecule has 0 unspecified atom stereocenters. The molecule has 0 fully saturated rings. The highest BCUT2D eigenvalue weighted by Gasteiger charge is 2.20. The summed E-state index contributed by atoms with van der Waals surface area (Å²) in [6.45, 7) is 0.313. The molecule has 1 N–H and O–H groups in total. The van der Waals surface area contributed by atoms with Crippen LogP contribution in [0, 0.1) is 0 Å². The van der Waals surface area contributed by atoms with E-state index in [2.05, 4.69) is 5.32 Å². The van der Waals surface area contributed by atoms with E-state index in [1.165, 1.54) is 0 Å². The second-order valence-electron chi connectivity index (χ2n) is 6.15. The molecule has 146 valence electrons. The highest BCUT2D eigenvalue weighted by atomic mass is 16.5. The van der Waals surface area contributed by atoms with Gasteiger partial charge >= 0.3 is 0 Å². The normalized spacial score (nSPS) is 10.7. The number of nitrogens with one attached hydrogen (secondary N) is 1. The van der Waals surface area contributed by atoms with E-state index in [9.17, 15) is 4.79 Å². The number of amides is 1. The van der Waals surface area contributed by atoms with Crippen LogP contribution in [-0.2, 0) is 11.3 Å². The van der Waals surface area contributed by atoms with Crippen molar-refractivity contribution in [1.29, 1.82) is 0 Å². The van der Waals surface area contributed by atoms with Crippen molar-refractivity contribution >= 4 is 5.91 Å². The third kappa shape index (κ3) is 4.53. The van der Waals surface area contributed by atoms with Crippen LogP contribution < -0.4 is 14.8 Å². The molecule has 1 aromatic heterocycles. The number of furan rings is 1. The van der Waals surface area contributed by atoms with Crippen molar-refractivity contribution in [3.05, 3.63) is 83.3 Å². The number of rotatable bonds is 8. The lowest BCUT2D eigenvalue weighted by atomic mass is 9.98. The van der Waals surface area contributed by atoms with Gasteiger partial charge in [0.2, 0.25) is 0 Å². The molecule has 6 nitrogen and oxygen atoms in total. The molecule has 0 aliphatic heterocycles. The van der Waals surface area contributed by atoms with Crippen LogP contribution in [0.1, 0.15) is 33.5 Å². The summed E-state index contributed by atoms with van der Waals surface area (Å²) in [6, 6.07) is 18.2. The van der Waals surface area contributed by atoms with Gasteiger partial charge in [0.1, 0.15) is 23.9 Å². The highest BCUT2D eigenvalue weighted by Crippen LogP contribution is 2.26. The van der Waals surface area contributed by atoms with Crippen molar-refractivity contribution in [1.82, 2.24) is 5.32 Å². The summed E-state index contributed by atoms with van der Waals surface area (Å²) in [4.78, 5) is 12.8. The third-order valence-electron chi connectivity index (χ3n) is 4.35. The van der Waals surface area contributed by atoms with E-state index < -0.39 is 0 Å². The maximum absolute atomic E-state index is 12.8. The van der Waals surface area contributed by atoms with Crippen LogP contribution in [0.2, 0.25) is 0 Å². The molecule has 1 amide bonds. The summed E-state index contributed by atoms with van der Waals surface area (Å²) in [7, 11) is 4.81. The Labute approximate surface area is 164 Å². The van der Waals surface area contributed by atoms with Gasteiger partial charge in [0, 0.05) is 7.11 Å². The van der Waals surface area contributed by atoms with Crippen LogP contribution in [0.3, 0.4) is 0 Å². The number of methoxy groups -OCH3 is 3. The Bertz CT molecular complexity index is 852. The van der Waals surface area contributed by atoms with Gasteiger partial charge in [-0.25, -0.2) is 0 Å². The van der Waals surface area contributed by atoms with Crippen molar-refractivity contribution in [3.63, 3.8) is 0 Å². The molecule has 0 saturated carbocycles. The molecule has 3 aromatic rings. The van der Waals surface area contributed by atoms with Crippen LogP contribution in [0.5, 0.6) is 11.5 Å². The van der Waals surface area contributed by atoms with Gasteiger partial charge in [-0.1, -0.05) is 24.3 Å². The average molecular weight is 381 g/mol. The standard InChI is InChI=1S/C22H23NO5/c1-25-14-19-12-13-20(28-19)22(24)23-21(15-4-8-17(26-2)9-5-15)16-6-10-18(27-3)11-7-16/h4-13,21H,14H2,1-3H3,(H,23,24). The second kappa shape index (κ2) is 9.10. The van der Waals surface area contributed by atoms with Gasteiger partial charge in [0.25, 0.3) is 5.91 Å². The SMILES string of the molecule is COCc1ccc(C(=O)NC(c2ccc(OC)cc2)c2ccc(OC)cc2)o1. The molecule has 6 heteroatoms. The fourth-order valence-electron chi connectivity index (χ4n) is 2.87. The molecule has 1 heterocycles. The number of benzene rings is 2. The lowest BCUT2D eigenvalue weighted by Crippen LogP contribution is -2.29. The first-order valence-corrected chi connectivity index (χ1v) is 8.81. The topological polar surface area (TPSA) is 69.9 Å². The molecule has 0 spiro atoms. The smallest absolute Gasteiger partial charge is 0.287 e. The lowest BCUT2D eigenvalue weighted by molar-refractivity contribution is 0.0906. The zero-order valence-corrected chi connectivity index (χ0v) is 16.1. The molecule has 0 radical (unpaired) electrons. The molecule has 0 atom stereocenters. The maximum atomic E-state index is 12.8. The van der Waals surface area contributed by atoms with Gasteiger partial charge in [-0.2, -0.15) is 0 Å². The second-order valence-corrected chi connectivity index (χ2v) is 6.15. The molecule has 3 rings (SSSR count). The predicted molar refractivity (Wildman–Crippen MR) is 105 cm³/mol. The number of carbonyl (C=O) groups is 1. The fraction of sp³-hybridized carbons (Fsp3) is 0.227. The fourth-order valence-corrected chi connectivity index (χ4v) is 2.87. The Hall–Kier alpha value is -3.25. The Morgan fingerprint density at radius 1 is 0.857 bits per heavy atom. The van der Waals surface area contributed by atoms with Gasteiger partial charge in [0.15, 0.2) is 5.76 Å². The first-order chi connectivity index (χ1) is 13.6. The van der Waals surface area contributed by atoms with Crippen molar-refractivity contribution in [2.45, 2.75) is 12.6 Å². The van der Waals surface area contributed by atoms with Crippen molar-refractivity contribution in [2.24, 2.45) is 0 Å². The van der Waals surface area contributed by atoms with Crippen LogP contribution in [0.25, 0.3) is 0 Å². The molecule has 0 bridgehead atoms. The summed E-state index contributed by atoms with van der Waals surface area (Å²) < 4.78 is 21.1. The Balaban J connectivity index is 1.88. The van der Waals surface area contributed by atoms with E-state index in [4.69, 9.17) is 18.6 Å². The number of hydrogen-bond acceptors (Lipinski definition) is 5. The highest BCUT2D eigenvalue weighted by molar-refractivity contribution is 5.92. The number of carbonyl (C=O) groups excluding carboxylic acids is 1. The zero-order valence-electron chi connectivity index (χ0n) is 16.1. The van der Waals surface area contributed by atoms with Gasteiger partial charge < -0.3 is 23.9 Å². The minimum atomic E-state index is -0.361. The molecule has 0 aliphatic carbocycles. The van der Waals surface area contributed by atoms with Crippen molar-refractivity contribution < 1.29 is 23.4 Å². The maximum Gasteiger partial charge on any atom is 0.287 e. The lowest BCUT2D eigenvalue weighted by Gasteiger charge is -2.20. The summed E-state index contributed by atoms with van der Waals surface area (Å²) in [5.74, 6) is 2.02. The minimum absolute atomic E-state index is 0.235. The summed E-state index contributed by atoms with van der Waals surface area (Å²) >= 11 is 0. The summed E-state index contributed by atoms with van der Waals surface area (Å²) in [5.41, 5.74) is 1.84. The van der Waals surface area contributed by atoms with Crippen LogP contribution in [0.15, 0.2) is 65.1 Å². The molecule has 28 heavy (non-hydrogen) atoms. The molecule has 0 aliphatic rings. The Kier molecular flexibility index (Phi) is 6.34. The first-order valence-electron chi connectivity index (χ1n) is 8.81. The van der Waals surface area contributed by atoms with Crippen LogP contribution >= 0.6 is 0 Å². The van der Waals surface area contributed by atoms with E-state index in [0.29, 0.717) is 12.4 Å². The van der Waals surface area contributed by atoms with Gasteiger partial charge in [-0.15, -0.1) is 0 Å². The predicted octanol–water partition coefficient (Wildman–Crippen LogP) is 3.96. The van der Waals surface area contributed by atoms with Gasteiger partial charge in [0.05, 0.1) is 20.3 Å². The quantitative estimate of drug-likeness (QED) is 0.640. The minimum Gasteiger partial charge on any atom is -0.497 e. The van der Waals surface area contributed by atoms with E-state index >= 15 is 0 Å². The van der Waals surface area contributed by atoms with E-state index in [1.54, 1.807) is 33.5 Å². The average Bonchev–Trinajstić information content (AvgIpc) is 3.21. The zero-order chi connectivity index (χ0) is 19.9. The number of ether oxygens (including phenoxy) is 3. The molecule has 0 saturated heterocycles. The van der Waals surface area contributed by atoms with Crippen molar-refractivity contribution in [2.75, 3.05) is 21.3 Å². The third-order valence-corrected chi connectivity index (χ3v) is 4.35. The summed E-state index contributed by atoms with van der Waals surface area (Å²) in [5, 5.41) is 3.04. The van der Waals surface area contributed by atoms with E-state index in [-0.39, 0.29) is 17.7 Å². The van der Waals surface area contributed by atoms with Crippen molar-refractivity contribution in [3.8, 4) is 11.5 Å². The van der Waals surface area contributed by atoms with Gasteiger partial charge in [-0.05, 0) is 47.5 Å². The first kappa shape index (κ1) is 19.5. The monoisotopic (exact) mass is 381 g/mol. The number of hydrogen-bond donors (Lipinski definition) is 1. The van der Waals surface area contributed by atoms with Crippen LogP contribution in [-0.4, -0.2) is 27.2 Å². The Morgan fingerprint density at radius 3 is 1.86 bits per heavy atom.